The molecule has 6 nitrogen and oxygen atoms in total. The molecule has 0 bridgehead atoms. The largest absolute Gasteiger partial charge is 0.413 e. The maximum Gasteiger partial charge on any atom is 0.413 e. The lowest BCUT2D eigenvalue weighted by atomic mass is 10.1. The minimum Gasteiger partial charge on any atom is -0.410 e. The van der Waals surface area contributed by atoms with Gasteiger partial charge in [0.25, 0.3) is 16.4 Å². The Labute approximate surface area is 181 Å². The summed E-state index contributed by atoms with van der Waals surface area (Å²) < 4.78 is 60.4. The quantitative estimate of drug-likeness (QED) is 0.515. The first kappa shape index (κ1) is 22.2. The number of amides is 1. The van der Waals surface area contributed by atoms with E-state index >= 15 is 0 Å². The number of rotatable bonds is 4. The van der Waals surface area contributed by atoms with Gasteiger partial charge < -0.3 is 10.1 Å². The summed E-state index contributed by atoms with van der Waals surface area (Å²) >= 11 is 3.21. The topological polar surface area (TPSA) is 77.4 Å². The van der Waals surface area contributed by atoms with Crippen molar-refractivity contribution in [2.24, 2.45) is 0 Å². The zero-order chi connectivity index (χ0) is 22.3. The Balaban J connectivity index is 2.18. The van der Waals surface area contributed by atoms with E-state index < -0.39 is 33.6 Å². The molecule has 1 N–H and O–H groups in total. The zero-order valence-electron chi connectivity index (χ0n) is 16.3. The number of alkyl halides is 2. The van der Waals surface area contributed by atoms with Crippen LogP contribution in [0, 0.1) is 0 Å². The number of hydrogen-bond donors (Lipinski definition) is 1. The van der Waals surface area contributed by atoms with Crippen molar-refractivity contribution in [3.8, 4) is 5.75 Å². The smallest absolute Gasteiger partial charge is 0.410 e. The van der Waals surface area contributed by atoms with Crippen molar-refractivity contribution in [3.05, 3.63) is 58.7 Å². The van der Waals surface area contributed by atoms with Crippen molar-refractivity contribution in [1.82, 2.24) is 9.29 Å². The second kappa shape index (κ2) is 7.99. The molecule has 0 unspecified atom stereocenters. The molecule has 1 heterocycles. The fraction of sp³-hybridized carbons (Fsp3) is 0.250. The Morgan fingerprint density at radius 1 is 1.17 bits per heavy atom. The van der Waals surface area contributed by atoms with Gasteiger partial charge in [0.2, 0.25) is 0 Å². The number of carbonyl (C=O) groups is 1. The molecule has 2 aromatic carbocycles. The van der Waals surface area contributed by atoms with Gasteiger partial charge in [0, 0.05) is 21.8 Å². The summed E-state index contributed by atoms with van der Waals surface area (Å²) in [4.78, 5) is 12.1. The van der Waals surface area contributed by atoms with Gasteiger partial charge in [0.05, 0.1) is 15.8 Å². The van der Waals surface area contributed by atoms with Gasteiger partial charge in [-0.3, -0.25) is 0 Å². The number of nitrogens with zero attached hydrogens (tertiary/aromatic N) is 1. The molecular formula is C20H19BrF2N2O4S. The van der Waals surface area contributed by atoms with E-state index in [1.54, 1.807) is 26.8 Å². The number of nitrogens with one attached hydrogen (secondary N) is 1. The van der Waals surface area contributed by atoms with Gasteiger partial charge in [-0.25, -0.2) is 26.0 Å². The Kier molecular flexibility index (Phi) is 5.92. The maximum absolute atomic E-state index is 13.8. The van der Waals surface area contributed by atoms with Crippen molar-refractivity contribution < 1.29 is 26.7 Å². The molecule has 0 aliphatic rings. The third-order valence-electron chi connectivity index (χ3n) is 4.05. The molecule has 3 aromatic rings. The van der Waals surface area contributed by atoms with Crippen LogP contribution in [-0.2, 0) is 10.0 Å². The van der Waals surface area contributed by atoms with Crippen LogP contribution < -0.4 is 10.1 Å². The summed E-state index contributed by atoms with van der Waals surface area (Å²) in [7, 11) is -4.18. The molecule has 0 aliphatic carbocycles. The Bertz CT molecular complexity index is 1220. The molecule has 0 fully saturated rings. The highest BCUT2D eigenvalue weighted by molar-refractivity contribution is 9.10. The van der Waals surface area contributed by atoms with Crippen LogP contribution in [0.1, 0.15) is 32.8 Å². The third-order valence-corrected chi connectivity index (χ3v) is 6.22. The second-order valence-electron chi connectivity index (χ2n) is 7.56. The SMILES string of the molecule is CC(C)(C)NC(=O)Oc1cccc2c1c(C(F)F)cn2S(=O)(=O)c1cccc(Br)c1. The lowest BCUT2D eigenvalue weighted by Gasteiger charge is -2.20. The molecule has 1 aromatic heterocycles. The third kappa shape index (κ3) is 4.49. The molecule has 160 valence electrons. The molecule has 0 spiro atoms. The Morgan fingerprint density at radius 2 is 1.83 bits per heavy atom. The lowest BCUT2D eigenvalue weighted by Crippen LogP contribution is -2.42. The summed E-state index contributed by atoms with van der Waals surface area (Å²) in [5.41, 5.74) is -1.18. The molecule has 0 radical (unpaired) electrons. The van der Waals surface area contributed by atoms with E-state index in [2.05, 4.69) is 21.2 Å². The number of aromatic nitrogens is 1. The number of hydrogen-bond acceptors (Lipinski definition) is 4. The second-order valence-corrected chi connectivity index (χ2v) is 10.3. The van der Waals surface area contributed by atoms with E-state index in [4.69, 9.17) is 4.74 Å². The number of carbonyl (C=O) groups excluding carboxylic acids is 1. The van der Waals surface area contributed by atoms with Gasteiger partial charge in [-0.1, -0.05) is 28.1 Å². The molecule has 30 heavy (non-hydrogen) atoms. The van der Waals surface area contributed by atoms with Crippen molar-refractivity contribution in [2.75, 3.05) is 0 Å². The molecule has 3 rings (SSSR count). The predicted octanol–water partition coefficient (Wildman–Crippen LogP) is 5.47. The molecule has 0 atom stereocenters. The number of ether oxygens (including phenoxy) is 1. The molecule has 10 heteroatoms. The average molecular weight is 501 g/mol. The van der Waals surface area contributed by atoms with Gasteiger partial charge in [0.15, 0.2) is 0 Å². The fourth-order valence-electron chi connectivity index (χ4n) is 2.88. The summed E-state index contributed by atoms with van der Waals surface area (Å²) in [6.45, 7) is 5.21. The normalized spacial score (nSPS) is 12.4. The van der Waals surface area contributed by atoms with Crippen LogP contribution >= 0.6 is 15.9 Å². The van der Waals surface area contributed by atoms with Crippen LogP contribution in [0.25, 0.3) is 10.9 Å². The van der Waals surface area contributed by atoms with Gasteiger partial charge in [-0.15, -0.1) is 0 Å². The number of halogens is 3. The number of benzene rings is 2. The summed E-state index contributed by atoms with van der Waals surface area (Å²) in [6.07, 6.45) is -2.96. The van der Waals surface area contributed by atoms with E-state index in [1.165, 1.54) is 36.4 Å². The fourth-order valence-corrected chi connectivity index (χ4v) is 4.84. The highest BCUT2D eigenvalue weighted by Gasteiger charge is 2.27. The van der Waals surface area contributed by atoms with Crippen molar-refractivity contribution in [2.45, 2.75) is 37.6 Å². The van der Waals surface area contributed by atoms with E-state index in [0.29, 0.717) is 4.47 Å². The maximum atomic E-state index is 13.8. The Morgan fingerprint density at radius 3 is 2.43 bits per heavy atom. The van der Waals surface area contributed by atoms with E-state index in [-0.39, 0.29) is 21.5 Å². The van der Waals surface area contributed by atoms with Gasteiger partial charge in [-0.05, 0) is 51.1 Å². The summed E-state index contributed by atoms with van der Waals surface area (Å²) in [5.74, 6) is -0.159. The average Bonchev–Trinajstić information content (AvgIpc) is 3.02. The summed E-state index contributed by atoms with van der Waals surface area (Å²) in [5, 5.41) is 2.43. The van der Waals surface area contributed by atoms with Gasteiger partial charge in [-0.2, -0.15) is 0 Å². The molecule has 0 aliphatic heterocycles. The van der Waals surface area contributed by atoms with Crippen molar-refractivity contribution in [3.63, 3.8) is 0 Å². The number of fused-ring (bicyclic) bond motifs is 1. The Hall–Kier alpha value is -2.46. The molecule has 0 saturated heterocycles. The van der Waals surface area contributed by atoms with Crippen LogP contribution in [0.3, 0.4) is 0 Å². The van der Waals surface area contributed by atoms with Crippen LogP contribution in [-0.4, -0.2) is 24.0 Å². The van der Waals surface area contributed by atoms with Crippen molar-refractivity contribution >= 4 is 42.9 Å². The van der Waals surface area contributed by atoms with Gasteiger partial charge >= 0.3 is 6.09 Å². The molecule has 0 saturated carbocycles. The minimum absolute atomic E-state index is 0.0219. The van der Waals surface area contributed by atoms with E-state index in [9.17, 15) is 22.0 Å². The first-order valence-corrected chi connectivity index (χ1v) is 11.1. The zero-order valence-corrected chi connectivity index (χ0v) is 18.7. The first-order valence-electron chi connectivity index (χ1n) is 8.83. The standard InChI is InChI=1S/C20H19BrF2N2O4S/c1-20(2,3)24-19(26)29-16-9-5-8-15-17(16)14(18(22)23)11-25(15)30(27,28)13-7-4-6-12(21)10-13/h4-11,18H,1-3H3,(H,24,26). The minimum atomic E-state index is -4.18. The van der Waals surface area contributed by atoms with Crippen LogP contribution in [0.4, 0.5) is 13.6 Å². The predicted molar refractivity (Wildman–Crippen MR) is 113 cm³/mol. The van der Waals surface area contributed by atoms with Crippen LogP contribution in [0.2, 0.25) is 0 Å². The van der Waals surface area contributed by atoms with Crippen LogP contribution in [0.15, 0.2) is 58.0 Å². The summed E-state index contributed by atoms with van der Waals surface area (Å²) in [6, 6.07) is 10.1. The lowest BCUT2D eigenvalue weighted by molar-refractivity contribution is 0.152. The highest BCUT2D eigenvalue weighted by atomic mass is 79.9. The van der Waals surface area contributed by atoms with E-state index in [1.807, 2.05) is 0 Å². The molecular weight excluding hydrogens is 482 g/mol. The van der Waals surface area contributed by atoms with E-state index in [0.717, 1.165) is 10.2 Å². The van der Waals surface area contributed by atoms with Crippen molar-refractivity contribution in [1.29, 1.82) is 0 Å². The van der Waals surface area contributed by atoms with Crippen LogP contribution in [0.5, 0.6) is 5.75 Å². The monoisotopic (exact) mass is 500 g/mol. The van der Waals surface area contributed by atoms with Gasteiger partial charge in [0.1, 0.15) is 5.75 Å². The molecule has 1 amide bonds. The first-order chi connectivity index (χ1) is 13.9. The highest BCUT2D eigenvalue weighted by Crippen LogP contribution is 2.38.